The lowest BCUT2D eigenvalue weighted by molar-refractivity contribution is -0.384. The Bertz CT molecular complexity index is 1660. The fraction of sp³-hybridized carbons (Fsp3) is 0.156. The van der Waals surface area contributed by atoms with Gasteiger partial charge in [0, 0.05) is 23.6 Å². The summed E-state index contributed by atoms with van der Waals surface area (Å²) in [5.41, 5.74) is 4.57. The van der Waals surface area contributed by atoms with Crippen LogP contribution in [0, 0.1) is 17.0 Å². The second-order valence-electron chi connectivity index (χ2n) is 9.75. The maximum Gasteiger partial charge on any atom is 0.269 e. The van der Waals surface area contributed by atoms with Crippen LogP contribution in [-0.2, 0) is 17.0 Å². The lowest BCUT2D eigenvalue weighted by Crippen LogP contribution is -2.34. The van der Waals surface area contributed by atoms with E-state index in [4.69, 9.17) is 11.6 Å². The summed E-state index contributed by atoms with van der Waals surface area (Å²) < 4.78 is 1.85. The number of hydrogen-bond acceptors (Lipinski definition) is 6. The van der Waals surface area contributed by atoms with Gasteiger partial charge in [-0.3, -0.25) is 19.5 Å². The molecule has 1 heterocycles. The Morgan fingerprint density at radius 2 is 1.60 bits per heavy atom. The van der Waals surface area contributed by atoms with Crippen molar-refractivity contribution in [2.24, 2.45) is 0 Å². The minimum Gasteiger partial charge on any atom is -0.344 e. The smallest absolute Gasteiger partial charge is 0.269 e. The number of hydrogen-bond donors (Lipinski definition) is 1. The minimum atomic E-state index is -0.907. The minimum absolute atomic E-state index is 0.0238. The lowest BCUT2D eigenvalue weighted by atomic mass is 10.0. The molecule has 42 heavy (non-hydrogen) atoms. The monoisotopic (exact) mass is 597 g/mol. The van der Waals surface area contributed by atoms with E-state index in [1.807, 2.05) is 84.3 Å². The van der Waals surface area contributed by atoms with Crippen molar-refractivity contribution in [3.05, 3.63) is 147 Å². The number of thioether (sulfide) groups is 1. The Balaban J connectivity index is 1.54. The van der Waals surface area contributed by atoms with Gasteiger partial charge < -0.3 is 5.32 Å². The van der Waals surface area contributed by atoms with Crippen molar-refractivity contribution in [2.45, 2.75) is 35.7 Å². The predicted molar refractivity (Wildman–Crippen MR) is 165 cm³/mol. The molecule has 0 radical (unpaired) electrons. The molecule has 10 heteroatoms. The molecule has 0 aliphatic heterocycles. The zero-order valence-electron chi connectivity index (χ0n) is 22.8. The van der Waals surface area contributed by atoms with Crippen molar-refractivity contribution in [3.63, 3.8) is 0 Å². The first-order valence-electron chi connectivity index (χ1n) is 13.3. The van der Waals surface area contributed by atoms with E-state index in [1.165, 1.54) is 23.9 Å². The number of aryl methyl sites for hydroxylation is 1. The van der Waals surface area contributed by atoms with Crippen LogP contribution in [0.1, 0.15) is 39.5 Å². The first-order valence-corrected chi connectivity index (χ1v) is 14.7. The van der Waals surface area contributed by atoms with Crippen LogP contribution in [0.4, 0.5) is 5.69 Å². The quantitative estimate of drug-likeness (QED) is 0.0750. The number of nitro benzene ring substituents is 1. The fourth-order valence-electron chi connectivity index (χ4n) is 4.59. The molecule has 0 aliphatic rings. The molecule has 0 saturated heterocycles. The number of rotatable bonds is 11. The van der Waals surface area contributed by atoms with Gasteiger partial charge in [0.05, 0.1) is 11.0 Å². The van der Waals surface area contributed by atoms with Gasteiger partial charge in [0.15, 0.2) is 11.0 Å². The zero-order chi connectivity index (χ0) is 29.5. The fourth-order valence-corrected chi connectivity index (χ4v) is 5.70. The molecule has 0 bridgehead atoms. The Hall–Kier alpha value is -4.47. The molecule has 0 saturated carbocycles. The summed E-state index contributed by atoms with van der Waals surface area (Å²) in [6, 6.07) is 32.8. The van der Waals surface area contributed by atoms with Crippen LogP contribution in [0.3, 0.4) is 0 Å². The first-order chi connectivity index (χ1) is 20.4. The second kappa shape index (κ2) is 13.5. The van der Waals surface area contributed by atoms with E-state index in [2.05, 4.69) is 27.6 Å². The highest BCUT2D eigenvalue weighted by atomic mass is 35.5. The third-order valence-corrected chi connectivity index (χ3v) is 8.11. The number of nitrogens with one attached hydrogen (secondary N) is 1. The maximum absolute atomic E-state index is 13.5. The molecule has 0 aliphatic carbocycles. The summed E-state index contributed by atoms with van der Waals surface area (Å²) in [6.45, 7) is 2.04. The number of aromatic nitrogens is 3. The summed E-state index contributed by atoms with van der Waals surface area (Å²) >= 11 is 8.11. The third kappa shape index (κ3) is 7.05. The number of carbonyl (C=O) groups excluding carboxylic acids is 1. The van der Waals surface area contributed by atoms with Crippen molar-refractivity contribution >= 4 is 35.0 Å². The Labute approximate surface area is 252 Å². The van der Waals surface area contributed by atoms with Crippen LogP contribution < -0.4 is 5.32 Å². The van der Waals surface area contributed by atoms with E-state index in [9.17, 15) is 14.9 Å². The number of carbonyl (C=O) groups is 1. The molecule has 2 unspecified atom stereocenters. The molecule has 5 rings (SSSR count). The summed E-state index contributed by atoms with van der Waals surface area (Å²) in [5, 5.41) is 23.2. The number of halogens is 1. The van der Waals surface area contributed by atoms with Crippen molar-refractivity contribution < 1.29 is 9.72 Å². The highest BCUT2D eigenvalue weighted by Crippen LogP contribution is 2.31. The second-order valence-corrected chi connectivity index (χ2v) is 11.1. The van der Waals surface area contributed by atoms with Gasteiger partial charge in [-0.2, -0.15) is 0 Å². The number of benzene rings is 4. The molecule has 5 aromatic rings. The van der Waals surface area contributed by atoms with E-state index in [0.29, 0.717) is 34.4 Å². The van der Waals surface area contributed by atoms with E-state index >= 15 is 0 Å². The standard InChI is InChI=1S/C32H28ClN5O3S/c1-22-9-8-12-24(19-22)21-42-32-36-35-30(37(32)26-15-17-27(18-16-26)38(40)41)28(20-23-10-4-2-5-11-23)34-31(39)29(33)25-13-6-3-7-14-25/h2-19,28-29H,20-21H2,1H3,(H,34,39). The number of nitro groups is 1. The van der Waals surface area contributed by atoms with Gasteiger partial charge in [0.25, 0.3) is 5.69 Å². The average Bonchev–Trinajstić information content (AvgIpc) is 3.44. The molecular weight excluding hydrogens is 570 g/mol. The summed E-state index contributed by atoms with van der Waals surface area (Å²) in [5.74, 6) is 0.765. The summed E-state index contributed by atoms with van der Waals surface area (Å²) in [4.78, 5) is 24.4. The molecular formula is C32H28ClN5O3S. The van der Waals surface area contributed by atoms with E-state index in [-0.39, 0.29) is 11.6 Å². The molecule has 1 aromatic heterocycles. The molecule has 0 spiro atoms. The van der Waals surface area contributed by atoms with Gasteiger partial charge in [0.2, 0.25) is 5.91 Å². The van der Waals surface area contributed by atoms with Gasteiger partial charge in [0.1, 0.15) is 5.38 Å². The topological polar surface area (TPSA) is 103 Å². The van der Waals surface area contributed by atoms with Gasteiger partial charge in [-0.25, -0.2) is 0 Å². The summed E-state index contributed by atoms with van der Waals surface area (Å²) in [7, 11) is 0. The van der Waals surface area contributed by atoms with Gasteiger partial charge in [-0.15, -0.1) is 21.8 Å². The van der Waals surface area contributed by atoms with E-state index in [0.717, 1.165) is 16.7 Å². The van der Waals surface area contributed by atoms with Crippen molar-refractivity contribution in [3.8, 4) is 5.69 Å². The van der Waals surface area contributed by atoms with Crippen molar-refractivity contribution in [1.82, 2.24) is 20.1 Å². The van der Waals surface area contributed by atoms with Crippen LogP contribution >= 0.6 is 23.4 Å². The summed E-state index contributed by atoms with van der Waals surface area (Å²) in [6.07, 6.45) is 0.429. The molecule has 1 amide bonds. The van der Waals surface area contributed by atoms with Crippen LogP contribution in [0.25, 0.3) is 5.69 Å². The van der Waals surface area contributed by atoms with Crippen molar-refractivity contribution in [1.29, 1.82) is 0 Å². The SMILES string of the molecule is Cc1cccc(CSc2nnc(C(Cc3ccccc3)NC(=O)C(Cl)c3ccccc3)n2-c2ccc([N+](=O)[O-])cc2)c1. The van der Waals surface area contributed by atoms with Crippen LogP contribution in [0.15, 0.2) is 114 Å². The number of amides is 1. The van der Waals surface area contributed by atoms with Crippen molar-refractivity contribution in [2.75, 3.05) is 0 Å². The van der Waals surface area contributed by atoms with Gasteiger partial charge in [-0.1, -0.05) is 102 Å². The molecule has 2 atom stereocenters. The largest absolute Gasteiger partial charge is 0.344 e. The average molecular weight is 598 g/mol. The zero-order valence-corrected chi connectivity index (χ0v) is 24.3. The first kappa shape index (κ1) is 29.0. The van der Waals surface area contributed by atoms with Crippen LogP contribution in [0.2, 0.25) is 0 Å². The van der Waals surface area contributed by atoms with Gasteiger partial charge >= 0.3 is 0 Å². The molecule has 8 nitrogen and oxygen atoms in total. The molecule has 0 fully saturated rings. The van der Waals surface area contributed by atoms with E-state index < -0.39 is 16.3 Å². The highest BCUT2D eigenvalue weighted by Gasteiger charge is 2.28. The molecule has 212 valence electrons. The maximum atomic E-state index is 13.5. The van der Waals surface area contributed by atoms with Gasteiger partial charge in [-0.05, 0) is 42.2 Å². The Kier molecular flexibility index (Phi) is 9.31. The third-order valence-electron chi connectivity index (χ3n) is 6.66. The number of non-ortho nitro benzene ring substituents is 1. The van der Waals surface area contributed by atoms with Crippen LogP contribution in [0.5, 0.6) is 0 Å². The predicted octanol–water partition coefficient (Wildman–Crippen LogP) is 7.16. The van der Waals surface area contributed by atoms with E-state index in [1.54, 1.807) is 12.1 Å². The molecule has 1 N–H and O–H groups in total. The Morgan fingerprint density at radius 3 is 2.26 bits per heavy atom. The van der Waals surface area contributed by atoms with Crippen LogP contribution in [-0.4, -0.2) is 25.6 Å². The lowest BCUT2D eigenvalue weighted by Gasteiger charge is -2.22. The normalized spacial score (nSPS) is 12.4. The number of nitrogens with zero attached hydrogens (tertiary/aromatic N) is 4. The number of alkyl halides is 1. The molecule has 4 aromatic carbocycles. The Morgan fingerprint density at radius 1 is 0.929 bits per heavy atom. The highest BCUT2D eigenvalue weighted by molar-refractivity contribution is 7.98.